The predicted molar refractivity (Wildman–Crippen MR) is 57.3 cm³/mol. The van der Waals surface area contributed by atoms with Gasteiger partial charge >= 0.3 is 0 Å². The zero-order valence-corrected chi connectivity index (χ0v) is 9.76. The van der Waals surface area contributed by atoms with Gasteiger partial charge in [-0.05, 0) is 13.3 Å². The fraction of sp³-hybridized carbons (Fsp3) is 0.889. The Bertz CT molecular complexity index is 245. The first kappa shape index (κ1) is 11.7. The summed E-state index contributed by atoms with van der Waals surface area (Å²) in [6.45, 7) is 5.15. The molecule has 1 aliphatic rings. The molecule has 1 amide bonds. The summed E-state index contributed by atoms with van der Waals surface area (Å²) < 4.78 is 11.1. The van der Waals surface area contributed by atoms with Crippen molar-refractivity contribution in [1.29, 1.82) is 0 Å². The lowest BCUT2D eigenvalue weighted by atomic mass is 10.3. The van der Waals surface area contributed by atoms with Crippen LogP contribution in [-0.4, -0.2) is 45.8 Å². The number of hydrogen-bond acceptors (Lipinski definition) is 3. The van der Waals surface area contributed by atoms with E-state index < -0.39 is 10.8 Å². The van der Waals surface area contributed by atoms with Crippen molar-refractivity contribution < 1.29 is 9.00 Å². The number of nitrogens with one attached hydrogen (secondary N) is 1. The van der Waals surface area contributed by atoms with Gasteiger partial charge in [0.1, 0.15) is 0 Å². The standard InChI is InChI=1S/C9H18N2O2S/c1-7(14(3)13)4-5-11-6-10-8(2)9(11)12/h7-8,10H,4-6H2,1-3H3. The molecule has 1 fully saturated rings. The van der Waals surface area contributed by atoms with Gasteiger partial charge in [0, 0.05) is 28.9 Å². The van der Waals surface area contributed by atoms with Gasteiger partial charge in [0.2, 0.25) is 5.91 Å². The SMILES string of the molecule is CC1NCN(CCC(C)S(C)=O)C1=O. The van der Waals surface area contributed by atoms with Gasteiger partial charge in [-0.15, -0.1) is 0 Å². The second kappa shape index (κ2) is 4.89. The highest BCUT2D eigenvalue weighted by Crippen LogP contribution is 2.06. The van der Waals surface area contributed by atoms with Crippen molar-refractivity contribution in [2.75, 3.05) is 19.5 Å². The Labute approximate surface area is 87.5 Å². The third-order valence-corrected chi connectivity index (χ3v) is 4.01. The molecular formula is C9H18N2O2S. The third kappa shape index (κ3) is 2.78. The highest BCUT2D eigenvalue weighted by atomic mass is 32.2. The second-order valence-electron chi connectivity index (χ2n) is 3.78. The number of carbonyl (C=O) groups is 1. The normalized spacial score (nSPS) is 26.6. The Morgan fingerprint density at radius 3 is 2.79 bits per heavy atom. The minimum atomic E-state index is -0.789. The van der Waals surface area contributed by atoms with E-state index in [1.165, 1.54) is 0 Å². The quantitative estimate of drug-likeness (QED) is 0.718. The van der Waals surface area contributed by atoms with Gasteiger partial charge in [0.15, 0.2) is 0 Å². The lowest BCUT2D eigenvalue weighted by Gasteiger charge is -2.16. The topological polar surface area (TPSA) is 49.4 Å². The smallest absolute Gasteiger partial charge is 0.240 e. The first-order chi connectivity index (χ1) is 6.52. The van der Waals surface area contributed by atoms with Gasteiger partial charge in [-0.3, -0.25) is 14.3 Å². The average Bonchev–Trinajstić information content (AvgIpc) is 2.44. The molecular weight excluding hydrogens is 200 g/mol. The Morgan fingerprint density at radius 1 is 1.71 bits per heavy atom. The molecule has 1 aliphatic heterocycles. The molecule has 3 atom stereocenters. The Hall–Kier alpha value is -0.420. The summed E-state index contributed by atoms with van der Waals surface area (Å²) in [6.07, 6.45) is 2.51. The van der Waals surface area contributed by atoms with Gasteiger partial charge in [-0.2, -0.15) is 0 Å². The van der Waals surface area contributed by atoms with E-state index in [0.29, 0.717) is 13.2 Å². The van der Waals surface area contributed by atoms with Crippen LogP contribution in [0.1, 0.15) is 20.3 Å². The van der Waals surface area contributed by atoms with Crippen LogP contribution >= 0.6 is 0 Å². The summed E-state index contributed by atoms with van der Waals surface area (Å²) >= 11 is 0. The predicted octanol–water partition coefficient (Wildman–Crippen LogP) is -0.0787. The molecule has 0 radical (unpaired) electrons. The van der Waals surface area contributed by atoms with Crippen LogP contribution in [0.4, 0.5) is 0 Å². The van der Waals surface area contributed by atoms with Crippen LogP contribution in [0.2, 0.25) is 0 Å². The maximum atomic E-state index is 11.5. The molecule has 14 heavy (non-hydrogen) atoms. The molecule has 0 aromatic heterocycles. The number of nitrogens with zero attached hydrogens (tertiary/aromatic N) is 1. The highest BCUT2D eigenvalue weighted by molar-refractivity contribution is 7.84. The van der Waals surface area contributed by atoms with E-state index in [2.05, 4.69) is 5.32 Å². The molecule has 0 aliphatic carbocycles. The molecule has 0 bridgehead atoms. The average molecular weight is 218 g/mol. The van der Waals surface area contributed by atoms with E-state index >= 15 is 0 Å². The lowest BCUT2D eigenvalue weighted by Crippen LogP contribution is -2.31. The summed E-state index contributed by atoms with van der Waals surface area (Å²) in [6, 6.07) is -0.0579. The monoisotopic (exact) mass is 218 g/mol. The largest absolute Gasteiger partial charge is 0.329 e. The number of hydrogen-bond donors (Lipinski definition) is 1. The van der Waals surface area contributed by atoms with Crippen LogP contribution < -0.4 is 5.32 Å². The Balaban J connectivity index is 2.32. The minimum absolute atomic E-state index is 0.0579. The van der Waals surface area contributed by atoms with Crippen molar-refractivity contribution in [2.45, 2.75) is 31.6 Å². The van der Waals surface area contributed by atoms with Crippen molar-refractivity contribution in [3.05, 3.63) is 0 Å². The number of rotatable bonds is 4. The van der Waals surface area contributed by atoms with E-state index in [-0.39, 0.29) is 17.2 Å². The van der Waals surface area contributed by atoms with E-state index in [9.17, 15) is 9.00 Å². The zero-order valence-electron chi connectivity index (χ0n) is 8.95. The molecule has 4 nitrogen and oxygen atoms in total. The fourth-order valence-corrected chi connectivity index (χ4v) is 1.82. The van der Waals surface area contributed by atoms with Gasteiger partial charge in [-0.25, -0.2) is 0 Å². The summed E-state index contributed by atoms with van der Waals surface area (Å²) in [5.41, 5.74) is 0. The Morgan fingerprint density at radius 2 is 2.36 bits per heavy atom. The molecule has 5 heteroatoms. The van der Waals surface area contributed by atoms with Crippen LogP contribution in [0.3, 0.4) is 0 Å². The number of carbonyl (C=O) groups excluding carboxylic acids is 1. The van der Waals surface area contributed by atoms with Crippen molar-refractivity contribution in [3.63, 3.8) is 0 Å². The third-order valence-electron chi connectivity index (χ3n) is 2.64. The fourth-order valence-electron chi connectivity index (χ4n) is 1.38. The molecule has 0 spiro atoms. The molecule has 0 saturated carbocycles. The van der Waals surface area contributed by atoms with Crippen LogP contribution in [0, 0.1) is 0 Å². The maximum Gasteiger partial charge on any atom is 0.240 e. The zero-order chi connectivity index (χ0) is 10.7. The van der Waals surface area contributed by atoms with E-state index in [1.54, 1.807) is 11.2 Å². The van der Waals surface area contributed by atoms with Crippen molar-refractivity contribution in [1.82, 2.24) is 10.2 Å². The lowest BCUT2D eigenvalue weighted by molar-refractivity contribution is -0.128. The van der Waals surface area contributed by atoms with Crippen LogP contribution in [0.25, 0.3) is 0 Å². The highest BCUT2D eigenvalue weighted by Gasteiger charge is 2.27. The molecule has 1 rings (SSSR count). The van der Waals surface area contributed by atoms with Crippen molar-refractivity contribution in [3.8, 4) is 0 Å². The first-order valence-electron chi connectivity index (χ1n) is 4.86. The first-order valence-corrected chi connectivity index (χ1v) is 6.49. The minimum Gasteiger partial charge on any atom is -0.329 e. The second-order valence-corrected chi connectivity index (χ2v) is 5.59. The van der Waals surface area contributed by atoms with Crippen LogP contribution in [-0.2, 0) is 15.6 Å². The van der Waals surface area contributed by atoms with Gasteiger partial charge < -0.3 is 4.90 Å². The molecule has 1 N–H and O–H groups in total. The van der Waals surface area contributed by atoms with E-state index in [1.807, 2.05) is 13.8 Å². The van der Waals surface area contributed by atoms with Crippen molar-refractivity contribution in [2.24, 2.45) is 0 Å². The summed E-state index contributed by atoms with van der Waals surface area (Å²) in [5, 5.41) is 3.24. The van der Waals surface area contributed by atoms with Gasteiger partial charge in [-0.1, -0.05) is 6.92 Å². The molecule has 1 saturated heterocycles. The summed E-state index contributed by atoms with van der Waals surface area (Å²) in [7, 11) is -0.789. The summed E-state index contributed by atoms with van der Waals surface area (Å²) in [4.78, 5) is 13.3. The van der Waals surface area contributed by atoms with Crippen LogP contribution in [0.5, 0.6) is 0 Å². The van der Waals surface area contributed by atoms with Gasteiger partial charge in [0.25, 0.3) is 0 Å². The summed E-state index contributed by atoms with van der Waals surface area (Å²) in [5.74, 6) is 0.152. The Kier molecular flexibility index (Phi) is 4.07. The molecule has 0 aromatic carbocycles. The number of amides is 1. The van der Waals surface area contributed by atoms with Crippen LogP contribution in [0.15, 0.2) is 0 Å². The molecule has 82 valence electrons. The van der Waals surface area contributed by atoms with Gasteiger partial charge in [0.05, 0.1) is 12.7 Å². The molecule has 1 heterocycles. The maximum absolute atomic E-state index is 11.5. The van der Waals surface area contributed by atoms with Crippen molar-refractivity contribution >= 4 is 16.7 Å². The molecule has 3 unspecified atom stereocenters. The van der Waals surface area contributed by atoms with E-state index in [0.717, 1.165) is 6.42 Å². The molecule has 0 aromatic rings. The van der Waals surface area contributed by atoms with E-state index in [4.69, 9.17) is 0 Å².